The zero-order chi connectivity index (χ0) is 19.8. The van der Waals surface area contributed by atoms with E-state index in [1.807, 2.05) is 30.3 Å². The number of benzene rings is 1. The fraction of sp³-hybridized carbons (Fsp3) is 0.316. The predicted molar refractivity (Wildman–Crippen MR) is 107 cm³/mol. The quantitative estimate of drug-likeness (QED) is 0.525. The van der Waals surface area contributed by atoms with Crippen LogP contribution in [0.15, 0.2) is 69.3 Å². The van der Waals surface area contributed by atoms with E-state index in [-0.39, 0.29) is 11.1 Å². The van der Waals surface area contributed by atoms with Crippen LogP contribution in [0.2, 0.25) is 0 Å². The number of para-hydroxylation sites is 1. The number of aliphatic imine (C=N–C) groups is 2. The predicted octanol–water partition coefficient (Wildman–Crippen LogP) is 0.220. The fourth-order valence-corrected chi connectivity index (χ4v) is 3.39. The Bertz CT molecular complexity index is 912. The molecule has 0 saturated heterocycles. The van der Waals surface area contributed by atoms with Crippen LogP contribution in [0.5, 0.6) is 0 Å². The molecule has 0 saturated carbocycles. The number of aliphatic hydroxyl groups is 4. The van der Waals surface area contributed by atoms with Gasteiger partial charge in [-0.25, -0.2) is 15.0 Å². The van der Waals surface area contributed by atoms with Crippen LogP contribution in [0.1, 0.15) is 0 Å². The molecule has 5 atom stereocenters. The number of nitrogens with zero attached hydrogens (tertiary/aromatic N) is 4. The van der Waals surface area contributed by atoms with Crippen molar-refractivity contribution in [3.8, 4) is 0 Å². The molecule has 2 heterocycles. The molecule has 0 aromatic heterocycles. The maximum Gasteiger partial charge on any atom is 0.187 e. The lowest BCUT2D eigenvalue weighted by Crippen LogP contribution is -2.47. The smallest absolute Gasteiger partial charge is 0.187 e. The number of halogens is 1. The average Bonchev–Trinajstić information content (AvgIpc) is 3.09. The van der Waals surface area contributed by atoms with E-state index in [2.05, 4.69) is 10.1 Å². The van der Waals surface area contributed by atoms with Gasteiger partial charge in [0, 0.05) is 0 Å². The van der Waals surface area contributed by atoms with Gasteiger partial charge in [0.2, 0.25) is 0 Å². The van der Waals surface area contributed by atoms with Crippen molar-refractivity contribution in [2.24, 2.45) is 15.1 Å². The number of anilines is 1. The number of fused-ring (bicyclic) bond motifs is 2. The van der Waals surface area contributed by atoms with Gasteiger partial charge in [-0.15, -0.1) is 11.6 Å². The molecular weight excluding hydrogens is 384 g/mol. The highest BCUT2D eigenvalue weighted by Crippen LogP contribution is 2.31. The minimum absolute atomic E-state index is 0.0817. The summed E-state index contributed by atoms with van der Waals surface area (Å²) >= 11 is 6.14. The SMILES string of the molecule is OCC(O)C(O)C(O)C1=NN(c2ccccc2)C2N=C3C=CC(Cl)C=C3N=C12. The second-order valence-electron chi connectivity index (χ2n) is 6.59. The van der Waals surface area contributed by atoms with Crippen molar-refractivity contribution < 1.29 is 20.4 Å². The number of hydrogen-bond donors (Lipinski definition) is 4. The molecule has 9 heteroatoms. The molecule has 1 aliphatic carbocycles. The summed E-state index contributed by atoms with van der Waals surface area (Å²) in [5.74, 6) is 0. The molecule has 28 heavy (non-hydrogen) atoms. The number of hydrogen-bond acceptors (Lipinski definition) is 8. The first kappa shape index (κ1) is 19.0. The van der Waals surface area contributed by atoms with Crippen LogP contribution in [-0.2, 0) is 0 Å². The largest absolute Gasteiger partial charge is 0.394 e. The van der Waals surface area contributed by atoms with Gasteiger partial charge in [-0.2, -0.15) is 5.10 Å². The summed E-state index contributed by atoms with van der Waals surface area (Å²) in [7, 11) is 0. The molecule has 4 rings (SSSR count). The Labute approximate surface area is 166 Å². The van der Waals surface area contributed by atoms with Gasteiger partial charge in [0.15, 0.2) is 6.17 Å². The van der Waals surface area contributed by atoms with Crippen LogP contribution in [0, 0.1) is 0 Å². The molecule has 5 unspecified atom stereocenters. The molecule has 2 aliphatic heterocycles. The van der Waals surface area contributed by atoms with Gasteiger partial charge in [0.25, 0.3) is 0 Å². The summed E-state index contributed by atoms with van der Waals surface area (Å²) in [6.07, 6.45) is -0.0185. The summed E-state index contributed by atoms with van der Waals surface area (Å²) in [6.45, 7) is -0.698. The van der Waals surface area contributed by atoms with E-state index in [1.54, 1.807) is 23.2 Å². The number of alkyl halides is 1. The highest BCUT2D eigenvalue weighted by Gasteiger charge is 2.43. The highest BCUT2D eigenvalue weighted by atomic mass is 35.5. The molecule has 8 nitrogen and oxygen atoms in total. The molecule has 0 bridgehead atoms. The van der Waals surface area contributed by atoms with Crippen molar-refractivity contribution in [2.75, 3.05) is 11.6 Å². The Morgan fingerprint density at radius 3 is 2.61 bits per heavy atom. The molecule has 146 valence electrons. The molecule has 3 aliphatic rings. The number of hydrazone groups is 1. The molecule has 1 aromatic carbocycles. The van der Waals surface area contributed by atoms with Gasteiger partial charge in [-0.1, -0.05) is 24.3 Å². The van der Waals surface area contributed by atoms with Gasteiger partial charge in [0.1, 0.15) is 29.7 Å². The van der Waals surface area contributed by atoms with E-state index < -0.39 is 31.1 Å². The van der Waals surface area contributed by atoms with E-state index in [1.165, 1.54) is 0 Å². The lowest BCUT2D eigenvalue weighted by molar-refractivity contribution is -0.0548. The van der Waals surface area contributed by atoms with Crippen molar-refractivity contribution in [3.05, 3.63) is 54.3 Å². The second kappa shape index (κ2) is 7.57. The van der Waals surface area contributed by atoms with Gasteiger partial charge < -0.3 is 20.4 Å². The molecule has 0 fully saturated rings. The standard InChI is InChI=1S/C19H19ClN4O4/c20-10-6-7-12-13(8-10)21-16-15(18(28)17(27)14(26)9-25)23-24(19(16)22-12)11-4-2-1-3-5-11/h1-8,10,14,17-19,25-28H,9H2. The summed E-state index contributed by atoms with van der Waals surface area (Å²) in [6, 6.07) is 9.24. The first-order valence-corrected chi connectivity index (χ1v) is 9.22. The maximum absolute atomic E-state index is 10.6. The third kappa shape index (κ3) is 3.30. The van der Waals surface area contributed by atoms with Crippen LogP contribution in [0.4, 0.5) is 5.69 Å². The first-order chi connectivity index (χ1) is 13.5. The van der Waals surface area contributed by atoms with E-state index in [0.717, 1.165) is 5.69 Å². The van der Waals surface area contributed by atoms with Crippen molar-refractivity contribution in [1.29, 1.82) is 0 Å². The minimum Gasteiger partial charge on any atom is -0.394 e. The highest BCUT2D eigenvalue weighted by molar-refractivity contribution is 6.49. The van der Waals surface area contributed by atoms with E-state index in [4.69, 9.17) is 21.7 Å². The average molecular weight is 403 g/mol. The molecule has 0 radical (unpaired) electrons. The van der Waals surface area contributed by atoms with Crippen LogP contribution in [-0.4, -0.2) is 74.0 Å². The Balaban J connectivity index is 1.77. The van der Waals surface area contributed by atoms with E-state index >= 15 is 0 Å². The van der Waals surface area contributed by atoms with E-state index in [9.17, 15) is 15.3 Å². The Morgan fingerprint density at radius 2 is 1.89 bits per heavy atom. The van der Waals surface area contributed by atoms with Crippen LogP contribution >= 0.6 is 11.6 Å². The summed E-state index contributed by atoms with van der Waals surface area (Å²) in [5.41, 5.74) is 2.37. The maximum atomic E-state index is 10.6. The third-order valence-corrected chi connectivity index (χ3v) is 4.95. The van der Waals surface area contributed by atoms with Crippen LogP contribution in [0.3, 0.4) is 0 Å². The van der Waals surface area contributed by atoms with Crippen molar-refractivity contribution >= 4 is 34.4 Å². The minimum atomic E-state index is -1.63. The zero-order valence-corrected chi connectivity index (χ0v) is 15.4. The lowest BCUT2D eigenvalue weighted by Gasteiger charge is -2.26. The topological polar surface area (TPSA) is 121 Å². The van der Waals surface area contributed by atoms with Gasteiger partial charge in [0.05, 0.1) is 29.1 Å². The van der Waals surface area contributed by atoms with Crippen molar-refractivity contribution in [2.45, 2.75) is 29.9 Å². The molecule has 1 aromatic rings. The molecule has 4 N–H and O–H groups in total. The van der Waals surface area contributed by atoms with Crippen molar-refractivity contribution in [3.63, 3.8) is 0 Å². The van der Waals surface area contributed by atoms with Gasteiger partial charge >= 0.3 is 0 Å². The summed E-state index contributed by atoms with van der Waals surface area (Å²) < 4.78 is 0. The second-order valence-corrected chi connectivity index (χ2v) is 7.10. The number of aliphatic hydroxyl groups excluding tert-OH is 4. The lowest BCUT2D eigenvalue weighted by atomic mass is 9.98. The Morgan fingerprint density at radius 1 is 1.14 bits per heavy atom. The van der Waals surface area contributed by atoms with Gasteiger partial charge in [-0.3, -0.25) is 0 Å². The molecular formula is C19H19ClN4O4. The zero-order valence-electron chi connectivity index (χ0n) is 14.7. The van der Waals surface area contributed by atoms with Crippen LogP contribution < -0.4 is 5.01 Å². The number of allylic oxidation sites excluding steroid dienone is 3. The Kier molecular flexibility index (Phi) is 5.13. The fourth-order valence-electron chi connectivity index (χ4n) is 3.20. The molecule has 0 spiro atoms. The monoisotopic (exact) mass is 402 g/mol. The van der Waals surface area contributed by atoms with Crippen molar-refractivity contribution in [1.82, 2.24) is 0 Å². The summed E-state index contributed by atoms with van der Waals surface area (Å²) in [4.78, 5) is 9.28. The molecule has 0 amide bonds. The normalized spacial score (nSPS) is 26.4. The Hall–Kier alpha value is -2.36. The summed E-state index contributed by atoms with van der Waals surface area (Å²) in [5, 5.41) is 45.3. The van der Waals surface area contributed by atoms with E-state index in [0.29, 0.717) is 17.1 Å². The third-order valence-electron chi connectivity index (χ3n) is 4.68. The van der Waals surface area contributed by atoms with Crippen LogP contribution in [0.25, 0.3) is 0 Å². The first-order valence-electron chi connectivity index (χ1n) is 8.78. The number of rotatable bonds is 5. The van der Waals surface area contributed by atoms with Gasteiger partial charge in [-0.05, 0) is 24.3 Å².